The van der Waals surface area contributed by atoms with Crippen LogP contribution in [-0.4, -0.2) is 42.0 Å². The van der Waals surface area contributed by atoms with Crippen molar-refractivity contribution in [2.75, 3.05) is 20.1 Å². The van der Waals surface area contributed by atoms with Crippen LogP contribution in [0.4, 0.5) is 0 Å². The second-order valence-electron chi connectivity index (χ2n) is 5.65. The Morgan fingerprint density at radius 1 is 1.47 bits per heavy atom. The van der Waals surface area contributed by atoms with E-state index < -0.39 is 0 Å². The number of carbonyl (C=O) groups is 1. The van der Waals surface area contributed by atoms with Crippen molar-refractivity contribution in [1.82, 2.24) is 15.2 Å². The molecule has 1 saturated heterocycles. The van der Waals surface area contributed by atoms with Crippen LogP contribution in [0.3, 0.4) is 0 Å². The lowest BCUT2D eigenvalue weighted by atomic mass is 9.90. The van der Waals surface area contributed by atoms with Gasteiger partial charge in [0.2, 0.25) is 0 Å². The monoisotopic (exact) mass is 263 g/mol. The van der Waals surface area contributed by atoms with E-state index in [1.165, 1.54) is 12.8 Å². The third-order valence-electron chi connectivity index (χ3n) is 4.20. The molecule has 19 heavy (non-hydrogen) atoms. The first-order valence-corrected chi connectivity index (χ1v) is 7.27. The Kier molecular flexibility index (Phi) is 4.64. The van der Waals surface area contributed by atoms with Gasteiger partial charge in [-0.2, -0.15) is 0 Å². The van der Waals surface area contributed by atoms with E-state index in [1.54, 1.807) is 0 Å². The average molecular weight is 263 g/mol. The number of carbonyl (C=O) groups excluding carboxylic acids is 1. The molecule has 1 amide bonds. The quantitative estimate of drug-likeness (QED) is 0.873. The second kappa shape index (κ2) is 6.24. The van der Waals surface area contributed by atoms with Gasteiger partial charge >= 0.3 is 0 Å². The maximum Gasteiger partial charge on any atom is 0.267 e. The number of nitrogens with zero attached hydrogens (tertiary/aromatic N) is 1. The molecule has 1 aromatic heterocycles. The van der Waals surface area contributed by atoms with E-state index in [2.05, 4.69) is 36.1 Å². The number of H-pyrrole nitrogens is 1. The number of aromatic nitrogens is 1. The third-order valence-corrected chi connectivity index (χ3v) is 4.20. The molecule has 2 rings (SSSR count). The van der Waals surface area contributed by atoms with Crippen LogP contribution >= 0.6 is 0 Å². The Morgan fingerprint density at radius 3 is 2.74 bits per heavy atom. The molecule has 0 bridgehead atoms. The molecule has 2 N–H and O–H groups in total. The average Bonchev–Trinajstić information content (AvgIpc) is 2.88. The molecular formula is C15H25N3O. The fraction of sp³-hybridized carbons (Fsp3) is 0.667. The van der Waals surface area contributed by atoms with Crippen LogP contribution in [0.15, 0.2) is 12.1 Å². The largest absolute Gasteiger partial charge is 0.354 e. The zero-order valence-corrected chi connectivity index (χ0v) is 12.2. The predicted molar refractivity (Wildman–Crippen MR) is 77.3 cm³/mol. The lowest BCUT2D eigenvalue weighted by molar-refractivity contribution is 0.0905. The maximum atomic E-state index is 12.1. The first kappa shape index (κ1) is 14.1. The van der Waals surface area contributed by atoms with Gasteiger partial charge in [-0.15, -0.1) is 0 Å². The van der Waals surface area contributed by atoms with Gasteiger partial charge in [0.15, 0.2) is 0 Å². The number of hydrogen-bond donors (Lipinski definition) is 2. The van der Waals surface area contributed by atoms with Crippen LogP contribution in [0.25, 0.3) is 0 Å². The van der Waals surface area contributed by atoms with E-state index in [-0.39, 0.29) is 11.9 Å². The molecule has 1 atom stereocenters. The smallest absolute Gasteiger partial charge is 0.267 e. The number of hydrogen-bond acceptors (Lipinski definition) is 2. The van der Waals surface area contributed by atoms with Gasteiger partial charge < -0.3 is 15.2 Å². The lowest BCUT2D eigenvalue weighted by Crippen LogP contribution is -2.43. The molecule has 4 heteroatoms. The van der Waals surface area contributed by atoms with Gasteiger partial charge in [-0.1, -0.05) is 6.92 Å². The normalized spacial score (nSPS) is 19.3. The van der Waals surface area contributed by atoms with E-state index in [9.17, 15) is 4.79 Å². The Hall–Kier alpha value is -1.29. The highest BCUT2D eigenvalue weighted by Gasteiger charge is 2.23. The number of aryl methyl sites for hydroxylation is 1. The van der Waals surface area contributed by atoms with Gasteiger partial charge in [0.05, 0.1) is 0 Å². The molecule has 0 aliphatic carbocycles. The Bertz CT molecular complexity index is 419. The molecule has 0 spiro atoms. The second-order valence-corrected chi connectivity index (χ2v) is 5.65. The van der Waals surface area contributed by atoms with Crippen molar-refractivity contribution in [2.24, 2.45) is 5.92 Å². The minimum atomic E-state index is 0.0196. The summed E-state index contributed by atoms with van der Waals surface area (Å²) < 4.78 is 0. The summed E-state index contributed by atoms with van der Waals surface area (Å²) in [5, 5.41) is 3.13. The highest BCUT2D eigenvalue weighted by molar-refractivity contribution is 5.92. The van der Waals surface area contributed by atoms with Crippen molar-refractivity contribution in [3.05, 3.63) is 23.5 Å². The predicted octanol–water partition coefficient (Wildman–Crippen LogP) is 2.04. The summed E-state index contributed by atoms with van der Waals surface area (Å²) in [5.74, 6) is 0.617. The molecule has 0 radical (unpaired) electrons. The van der Waals surface area contributed by atoms with Crippen molar-refractivity contribution in [1.29, 1.82) is 0 Å². The van der Waals surface area contributed by atoms with Gasteiger partial charge in [-0.25, -0.2) is 0 Å². The topological polar surface area (TPSA) is 48.1 Å². The zero-order chi connectivity index (χ0) is 13.8. The Morgan fingerprint density at radius 2 is 2.16 bits per heavy atom. The summed E-state index contributed by atoms with van der Waals surface area (Å²) in [5.41, 5.74) is 1.79. The Balaban J connectivity index is 1.87. The van der Waals surface area contributed by atoms with Crippen molar-refractivity contribution in [3.63, 3.8) is 0 Å². The van der Waals surface area contributed by atoms with Gasteiger partial charge in [0.25, 0.3) is 5.91 Å². The van der Waals surface area contributed by atoms with E-state index in [0.717, 1.165) is 25.2 Å². The highest BCUT2D eigenvalue weighted by Crippen LogP contribution is 2.19. The zero-order valence-electron chi connectivity index (χ0n) is 12.2. The minimum absolute atomic E-state index is 0.0196. The van der Waals surface area contributed by atoms with Gasteiger partial charge in [-0.05, 0) is 64.4 Å². The molecular weight excluding hydrogens is 238 g/mol. The van der Waals surface area contributed by atoms with E-state index in [0.29, 0.717) is 11.6 Å². The maximum absolute atomic E-state index is 12.1. The van der Waals surface area contributed by atoms with Crippen molar-refractivity contribution in [2.45, 2.75) is 39.2 Å². The van der Waals surface area contributed by atoms with Gasteiger partial charge in [0, 0.05) is 11.7 Å². The van der Waals surface area contributed by atoms with E-state index >= 15 is 0 Å². The van der Waals surface area contributed by atoms with Gasteiger partial charge in [-0.3, -0.25) is 4.79 Å². The molecule has 1 aliphatic heterocycles. The summed E-state index contributed by atoms with van der Waals surface area (Å²) in [6.45, 7) is 6.47. The Labute approximate surface area is 115 Å². The summed E-state index contributed by atoms with van der Waals surface area (Å²) in [6.07, 6.45) is 3.27. The summed E-state index contributed by atoms with van der Waals surface area (Å²) in [7, 11) is 2.16. The van der Waals surface area contributed by atoms with Crippen molar-refractivity contribution >= 4 is 5.91 Å². The first-order chi connectivity index (χ1) is 9.10. The van der Waals surface area contributed by atoms with Crippen LogP contribution < -0.4 is 5.32 Å². The standard InChI is InChI=1S/C15H25N3O/c1-4-13-5-6-14(17-13)15(19)16-11(2)12-7-9-18(3)10-8-12/h5-6,11-12,17H,4,7-10H2,1-3H3,(H,16,19). The minimum Gasteiger partial charge on any atom is -0.354 e. The van der Waals surface area contributed by atoms with Crippen LogP contribution in [0.1, 0.15) is 42.9 Å². The molecule has 4 nitrogen and oxygen atoms in total. The number of rotatable bonds is 4. The van der Waals surface area contributed by atoms with Crippen LogP contribution in [0, 0.1) is 5.92 Å². The van der Waals surface area contributed by atoms with Crippen molar-refractivity contribution < 1.29 is 4.79 Å². The van der Waals surface area contributed by atoms with E-state index in [4.69, 9.17) is 0 Å². The van der Waals surface area contributed by atoms with Gasteiger partial charge in [0.1, 0.15) is 5.69 Å². The lowest BCUT2D eigenvalue weighted by Gasteiger charge is -2.32. The number of nitrogens with one attached hydrogen (secondary N) is 2. The van der Waals surface area contributed by atoms with Crippen LogP contribution in [-0.2, 0) is 6.42 Å². The molecule has 0 aromatic carbocycles. The SMILES string of the molecule is CCc1ccc(C(=O)NC(C)C2CCN(C)CC2)[nH]1. The molecule has 1 aromatic rings. The molecule has 2 heterocycles. The molecule has 1 aliphatic rings. The summed E-state index contributed by atoms with van der Waals surface area (Å²) in [4.78, 5) is 17.6. The molecule has 1 unspecified atom stereocenters. The fourth-order valence-corrected chi connectivity index (χ4v) is 2.71. The molecule has 106 valence electrons. The highest BCUT2D eigenvalue weighted by atomic mass is 16.1. The first-order valence-electron chi connectivity index (χ1n) is 7.27. The van der Waals surface area contributed by atoms with Crippen molar-refractivity contribution in [3.8, 4) is 0 Å². The van der Waals surface area contributed by atoms with Crippen LogP contribution in [0.2, 0.25) is 0 Å². The number of amides is 1. The van der Waals surface area contributed by atoms with E-state index in [1.807, 2.05) is 12.1 Å². The molecule has 0 saturated carbocycles. The molecule has 1 fully saturated rings. The summed E-state index contributed by atoms with van der Waals surface area (Å²) >= 11 is 0. The number of likely N-dealkylation sites (tertiary alicyclic amines) is 1. The number of aromatic amines is 1. The third kappa shape index (κ3) is 3.60. The number of piperidine rings is 1. The van der Waals surface area contributed by atoms with Crippen LogP contribution in [0.5, 0.6) is 0 Å². The summed E-state index contributed by atoms with van der Waals surface area (Å²) in [6, 6.07) is 4.10. The fourth-order valence-electron chi connectivity index (χ4n) is 2.71.